The zero-order chi connectivity index (χ0) is 13.2. The molecular weight excluding hydrogens is 258 g/mol. The molecule has 98 valence electrons. The topological polar surface area (TPSA) is 121 Å². The van der Waals surface area contributed by atoms with Crippen LogP contribution in [0.15, 0.2) is 4.42 Å². The number of rotatable bonds is 4. The van der Waals surface area contributed by atoms with E-state index in [1.54, 1.807) is 6.07 Å². The first-order valence-corrected chi connectivity index (χ1v) is 7.05. The van der Waals surface area contributed by atoms with Crippen molar-refractivity contribution in [2.45, 2.75) is 31.1 Å². The largest absolute Gasteiger partial charge is 0.406 e. The number of anilines is 1. The summed E-state index contributed by atoms with van der Waals surface area (Å²) in [5.41, 5.74) is 0. The fraction of sp³-hybridized carbons (Fsp3) is 0.667. The number of nitrogens with zero attached hydrogens (tertiary/aromatic N) is 3. The molecule has 1 saturated heterocycles. The molecule has 2 N–H and O–H groups in total. The predicted octanol–water partition coefficient (Wildman–Crippen LogP) is 0.148. The van der Waals surface area contributed by atoms with Crippen molar-refractivity contribution in [2.75, 3.05) is 11.3 Å². The van der Waals surface area contributed by atoms with E-state index in [9.17, 15) is 8.42 Å². The number of aromatic nitrogens is 2. The number of sulfonamides is 1. The van der Waals surface area contributed by atoms with Crippen LogP contribution in [0.5, 0.6) is 0 Å². The lowest BCUT2D eigenvalue weighted by molar-refractivity contribution is 0.439. The molecule has 9 heteroatoms. The van der Waals surface area contributed by atoms with Gasteiger partial charge in [0.2, 0.25) is 5.89 Å². The van der Waals surface area contributed by atoms with Gasteiger partial charge in [-0.25, -0.2) is 13.1 Å². The molecule has 0 saturated carbocycles. The van der Waals surface area contributed by atoms with E-state index in [0.717, 1.165) is 19.4 Å². The Hall–Kier alpha value is -1.66. The van der Waals surface area contributed by atoms with Crippen molar-refractivity contribution in [1.82, 2.24) is 15.5 Å². The number of nitriles is 1. The second kappa shape index (κ2) is 4.91. The molecule has 2 rings (SSSR count). The molecule has 2 heterocycles. The quantitative estimate of drug-likeness (QED) is 0.799. The van der Waals surface area contributed by atoms with Gasteiger partial charge < -0.3 is 9.73 Å². The molecule has 1 aliphatic rings. The molecule has 8 nitrogen and oxygen atoms in total. The van der Waals surface area contributed by atoms with Crippen LogP contribution in [0.25, 0.3) is 0 Å². The Kier molecular flexibility index (Phi) is 3.49. The maximum absolute atomic E-state index is 11.6. The van der Waals surface area contributed by atoms with Crippen LogP contribution in [0, 0.1) is 11.3 Å². The van der Waals surface area contributed by atoms with E-state index >= 15 is 0 Å². The molecule has 1 fully saturated rings. The van der Waals surface area contributed by atoms with E-state index in [1.807, 2.05) is 0 Å². The van der Waals surface area contributed by atoms with Crippen LogP contribution in [-0.4, -0.2) is 30.4 Å². The maximum atomic E-state index is 11.6. The first-order valence-electron chi connectivity index (χ1n) is 5.51. The van der Waals surface area contributed by atoms with Crippen LogP contribution in [0.2, 0.25) is 0 Å². The van der Waals surface area contributed by atoms with Gasteiger partial charge in [-0.05, 0) is 26.3 Å². The highest BCUT2D eigenvalue weighted by Crippen LogP contribution is 2.23. The van der Waals surface area contributed by atoms with Crippen molar-refractivity contribution in [1.29, 1.82) is 5.26 Å². The zero-order valence-corrected chi connectivity index (χ0v) is 10.6. The molecule has 0 aliphatic carbocycles. The summed E-state index contributed by atoms with van der Waals surface area (Å²) in [7, 11) is -3.80. The highest BCUT2D eigenvalue weighted by atomic mass is 32.2. The SMILES string of the molecule is CC(C#N)S(=O)(=O)Nc1nnc(C2CCCN2)o1. The van der Waals surface area contributed by atoms with Gasteiger partial charge in [0.1, 0.15) is 0 Å². The summed E-state index contributed by atoms with van der Waals surface area (Å²) in [6.45, 7) is 2.15. The van der Waals surface area contributed by atoms with E-state index < -0.39 is 15.3 Å². The second-order valence-electron chi connectivity index (χ2n) is 4.01. The third-order valence-corrected chi connectivity index (χ3v) is 4.17. The predicted molar refractivity (Wildman–Crippen MR) is 61.9 cm³/mol. The third kappa shape index (κ3) is 2.60. The molecule has 1 aromatic rings. The maximum Gasteiger partial charge on any atom is 0.329 e. The lowest BCUT2D eigenvalue weighted by Gasteiger charge is -2.05. The molecule has 1 aromatic heterocycles. The second-order valence-corrected chi connectivity index (χ2v) is 6.01. The fourth-order valence-electron chi connectivity index (χ4n) is 1.59. The van der Waals surface area contributed by atoms with Crippen LogP contribution >= 0.6 is 0 Å². The van der Waals surface area contributed by atoms with Gasteiger partial charge in [0.25, 0.3) is 10.0 Å². The Balaban J connectivity index is 2.09. The molecular formula is C9H13N5O3S. The summed E-state index contributed by atoms with van der Waals surface area (Å²) in [5.74, 6) is 0.356. The molecule has 0 aromatic carbocycles. The molecule has 2 unspecified atom stereocenters. The molecule has 1 aliphatic heterocycles. The molecule has 0 amide bonds. The highest BCUT2D eigenvalue weighted by molar-refractivity contribution is 7.93. The van der Waals surface area contributed by atoms with E-state index in [-0.39, 0.29) is 12.1 Å². The first-order chi connectivity index (χ1) is 8.53. The van der Waals surface area contributed by atoms with Gasteiger partial charge in [0.15, 0.2) is 5.25 Å². The van der Waals surface area contributed by atoms with Crippen molar-refractivity contribution in [3.05, 3.63) is 5.89 Å². The van der Waals surface area contributed by atoms with Gasteiger partial charge in [-0.15, -0.1) is 5.10 Å². The Morgan fingerprint density at radius 3 is 3.00 bits per heavy atom. The average molecular weight is 271 g/mol. The van der Waals surface area contributed by atoms with E-state index in [2.05, 4.69) is 20.2 Å². The molecule has 0 radical (unpaired) electrons. The first kappa shape index (κ1) is 12.8. The lowest BCUT2D eigenvalue weighted by atomic mass is 10.2. The van der Waals surface area contributed by atoms with Crippen LogP contribution in [0.3, 0.4) is 0 Å². The number of hydrogen-bond donors (Lipinski definition) is 2. The van der Waals surface area contributed by atoms with Crippen LogP contribution in [0.4, 0.5) is 6.01 Å². The van der Waals surface area contributed by atoms with Gasteiger partial charge in [-0.3, -0.25) is 0 Å². The van der Waals surface area contributed by atoms with Crippen molar-refractivity contribution >= 4 is 16.0 Å². The van der Waals surface area contributed by atoms with Crippen LogP contribution in [0.1, 0.15) is 31.7 Å². The van der Waals surface area contributed by atoms with Gasteiger partial charge >= 0.3 is 6.01 Å². The summed E-state index contributed by atoms with van der Waals surface area (Å²) >= 11 is 0. The van der Waals surface area contributed by atoms with Crippen LogP contribution in [-0.2, 0) is 10.0 Å². The summed E-state index contributed by atoms with van der Waals surface area (Å²) in [6, 6.07) is 1.40. The molecule has 18 heavy (non-hydrogen) atoms. The van der Waals surface area contributed by atoms with Gasteiger partial charge in [0, 0.05) is 0 Å². The minimum atomic E-state index is -3.80. The van der Waals surface area contributed by atoms with Crippen molar-refractivity contribution < 1.29 is 12.8 Å². The Bertz CT molecular complexity index is 555. The number of hydrogen-bond acceptors (Lipinski definition) is 7. The van der Waals surface area contributed by atoms with E-state index in [4.69, 9.17) is 9.68 Å². The van der Waals surface area contributed by atoms with Crippen molar-refractivity contribution in [3.8, 4) is 6.07 Å². The minimum Gasteiger partial charge on any atom is -0.406 e. The fourth-order valence-corrected chi connectivity index (χ4v) is 2.23. The lowest BCUT2D eigenvalue weighted by Crippen LogP contribution is -2.23. The summed E-state index contributed by atoms with van der Waals surface area (Å²) < 4.78 is 30.5. The summed E-state index contributed by atoms with van der Waals surface area (Å²) in [5, 5.41) is 17.9. The highest BCUT2D eigenvalue weighted by Gasteiger charge is 2.25. The number of nitrogens with one attached hydrogen (secondary N) is 2. The molecule has 0 bridgehead atoms. The molecule has 2 atom stereocenters. The normalized spacial score (nSPS) is 21.4. The Morgan fingerprint density at radius 2 is 2.39 bits per heavy atom. The zero-order valence-electron chi connectivity index (χ0n) is 9.75. The van der Waals surface area contributed by atoms with Crippen molar-refractivity contribution in [2.24, 2.45) is 0 Å². The Morgan fingerprint density at radius 1 is 1.61 bits per heavy atom. The monoisotopic (exact) mass is 271 g/mol. The van der Waals surface area contributed by atoms with E-state index in [1.165, 1.54) is 6.92 Å². The molecule has 0 spiro atoms. The Labute approximate surface area is 104 Å². The standard InChI is InChI=1S/C9H13N5O3S/c1-6(5-10)18(15,16)14-9-13-12-8(17-9)7-3-2-4-11-7/h6-7,11H,2-4H2,1H3,(H,13,14). The van der Waals surface area contributed by atoms with Gasteiger partial charge in [0.05, 0.1) is 12.1 Å². The van der Waals surface area contributed by atoms with Crippen LogP contribution < -0.4 is 10.0 Å². The summed E-state index contributed by atoms with van der Waals surface area (Å²) in [6.07, 6.45) is 1.89. The third-order valence-electron chi connectivity index (χ3n) is 2.68. The average Bonchev–Trinajstić information content (AvgIpc) is 2.97. The van der Waals surface area contributed by atoms with E-state index in [0.29, 0.717) is 5.89 Å². The minimum absolute atomic E-state index is 0.0239. The summed E-state index contributed by atoms with van der Waals surface area (Å²) in [4.78, 5) is 0. The van der Waals surface area contributed by atoms with Gasteiger partial charge in [-0.2, -0.15) is 5.26 Å². The smallest absolute Gasteiger partial charge is 0.329 e. The van der Waals surface area contributed by atoms with Gasteiger partial charge in [-0.1, -0.05) is 5.10 Å². The van der Waals surface area contributed by atoms with Crippen molar-refractivity contribution in [3.63, 3.8) is 0 Å².